The SMILES string of the molecule is CC1CN(C(=O)CN2CCN(c3cc(C4CC4)[nH]n3)CC2)CCO1. The molecular weight excluding hydrogens is 306 g/mol. The summed E-state index contributed by atoms with van der Waals surface area (Å²) in [4.78, 5) is 19.0. The number of H-pyrrole nitrogens is 1. The normalized spacial score (nSPS) is 26.0. The van der Waals surface area contributed by atoms with E-state index in [0.29, 0.717) is 19.1 Å². The van der Waals surface area contributed by atoms with Gasteiger partial charge in [-0.2, -0.15) is 5.10 Å². The van der Waals surface area contributed by atoms with Crippen molar-refractivity contribution in [2.45, 2.75) is 31.8 Å². The molecule has 0 radical (unpaired) electrons. The van der Waals surface area contributed by atoms with Crippen molar-refractivity contribution in [1.82, 2.24) is 20.0 Å². The number of morpholine rings is 1. The third-order valence-electron chi connectivity index (χ3n) is 5.25. The Morgan fingerprint density at radius 1 is 1.29 bits per heavy atom. The number of anilines is 1. The highest BCUT2D eigenvalue weighted by atomic mass is 16.5. The second kappa shape index (κ2) is 6.72. The minimum atomic E-state index is 0.153. The molecule has 7 nitrogen and oxygen atoms in total. The lowest BCUT2D eigenvalue weighted by atomic mass is 10.2. The van der Waals surface area contributed by atoms with E-state index in [4.69, 9.17) is 4.74 Å². The number of nitrogens with one attached hydrogen (secondary N) is 1. The van der Waals surface area contributed by atoms with Crippen molar-refractivity contribution < 1.29 is 9.53 Å². The van der Waals surface area contributed by atoms with E-state index in [-0.39, 0.29) is 12.0 Å². The number of aromatic amines is 1. The second-order valence-corrected chi connectivity index (χ2v) is 7.24. The van der Waals surface area contributed by atoms with Crippen LogP contribution in [0.15, 0.2) is 6.07 Å². The summed E-state index contributed by atoms with van der Waals surface area (Å²) in [5.74, 6) is 2.00. The molecule has 1 aromatic heterocycles. The van der Waals surface area contributed by atoms with Gasteiger partial charge >= 0.3 is 0 Å². The van der Waals surface area contributed by atoms with Crippen LogP contribution in [-0.2, 0) is 9.53 Å². The molecule has 4 rings (SSSR count). The second-order valence-electron chi connectivity index (χ2n) is 7.24. The maximum absolute atomic E-state index is 12.4. The Bertz CT molecular complexity index is 577. The van der Waals surface area contributed by atoms with Gasteiger partial charge in [-0.25, -0.2) is 0 Å². The topological polar surface area (TPSA) is 64.7 Å². The summed E-state index contributed by atoms with van der Waals surface area (Å²) in [6.45, 7) is 8.34. The minimum absolute atomic E-state index is 0.153. The Morgan fingerprint density at radius 2 is 2.08 bits per heavy atom. The summed E-state index contributed by atoms with van der Waals surface area (Å²) in [6.07, 6.45) is 2.73. The quantitative estimate of drug-likeness (QED) is 0.877. The molecule has 3 fully saturated rings. The van der Waals surface area contributed by atoms with E-state index in [1.54, 1.807) is 0 Å². The number of carbonyl (C=O) groups excluding carboxylic acids is 1. The first-order valence-electron chi connectivity index (χ1n) is 9.11. The highest BCUT2D eigenvalue weighted by molar-refractivity contribution is 5.78. The summed E-state index contributed by atoms with van der Waals surface area (Å²) >= 11 is 0. The number of amides is 1. The van der Waals surface area contributed by atoms with Crippen LogP contribution in [-0.4, -0.2) is 84.4 Å². The van der Waals surface area contributed by atoms with E-state index in [1.165, 1.54) is 18.5 Å². The standard InChI is InChI=1S/C17H27N5O2/c1-13-11-22(8-9-24-13)17(23)12-20-4-6-21(7-5-20)16-10-15(18-19-16)14-2-3-14/h10,13-14H,2-9,11-12H2,1H3,(H,18,19). The summed E-state index contributed by atoms with van der Waals surface area (Å²) in [6, 6.07) is 2.20. The van der Waals surface area contributed by atoms with Crippen molar-refractivity contribution in [3.8, 4) is 0 Å². The molecule has 24 heavy (non-hydrogen) atoms. The van der Waals surface area contributed by atoms with Gasteiger partial charge in [0.1, 0.15) is 0 Å². The Hall–Kier alpha value is -1.60. The smallest absolute Gasteiger partial charge is 0.236 e. The zero-order valence-corrected chi connectivity index (χ0v) is 14.4. The first-order chi connectivity index (χ1) is 11.7. The summed E-state index contributed by atoms with van der Waals surface area (Å²) in [5.41, 5.74) is 1.28. The van der Waals surface area contributed by atoms with Gasteiger partial charge in [-0.15, -0.1) is 0 Å². The molecule has 7 heteroatoms. The van der Waals surface area contributed by atoms with Gasteiger partial charge in [0.15, 0.2) is 5.82 Å². The van der Waals surface area contributed by atoms with Crippen molar-refractivity contribution in [3.05, 3.63) is 11.8 Å². The molecule has 3 aliphatic rings. The third kappa shape index (κ3) is 3.57. The molecule has 1 N–H and O–H groups in total. The van der Waals surface area contributed by atoms with Crippen molar-refractivity contribution >= 4 is 11.7 Å². The minimum Gasteiger partial charge on any atom is -0.375 e. The first-order valence-corrected chi connectivity index (χ1v) is 9.11. The van der Waals surface area contributed by atoms with Crippen LogP contribution in [0.1, 0.15) is 31.4 Å². The van der Waals surface area contributed by atoms with Gasteiger partial charge in [0.25, 0.3) is 0 Å². The lowest BCUT2D eigenvalue weighted by Crippen LogP contribution is -2.52. The van der Waals surface area contributed by atoms with Crippen LogP contribution in [0.25, 0.3) is 0 Å². The fraction of sp³-hybridized carbons (Fsp3) is 0.765. The molecule has 1 unspecified atom stereocenters. The van der Waals surface area contributed by atoms with Crippen molar-refractivity contribution in [3.63, 3.8) is 0 Å². The Balaban J connectivity index is 1.25. The lowest BCUT2D eigenvalue weighted by molar-refractivity contribution is -0.139. The number of nitrogens with zero attached hydrogens (tertiary/aromatic N) is 4. The Kier molecular flexibility index (Phi) is 4.45. The monoisotopic (exact) mass is 333 g/mol. The van der Waals surface area contributed by atoms with E-state index < -0.39 is 0 Å². The molecule has 2 aliphatic heterocycles. The molecule has 1 amide bonds. The zero-order valence-electron chi connectivity index (χ0n) is 14.4. The lowest BCUT2D eigenvalue weighted by Gasteiger charge is -2.37. The predicted octanol–water partition coefficient (Wildman–Crippen LogP) is 0.656. The van der Waals surface area contributed by atoms with E-state index in [2.05, 4.69) is 26.1 Å². The van der Waals surface area contributed by atoms with Crippen molar-refractivity contribution in [2.75, 3.05) is 57.3 Å². The molecular formula is C17H27N5O2. The highest BCUT2D eigenvalue weighted by Crippen LogP contribution is 2.39. The maximum Gasteiger partial charge on any atom is 0.236 e. The fourth-order valence-corrected chi connectivity index (χ4v) is 3.56. The van der Waals surface area contributed by atoms with Gasteiger partial charge in [-0.1, -0.05) is 0 Å². The van der Waals surface area contributed by atoms with E-state index >= 15 is 0 Å². The van der Waals surface area contributed by atoms with Crippen molar-refractivity contribution in [1.29, 1.82) is 0 Å². The molecule has 1 aliphatic carbocycles. The van der Waals surface area contributed by atoms with E-state index in [1.807, 2.05) is 11.8 Å². The molecule has 0 spiro atoms. The summed E-state index contributed by atoms with van der Waals surface area (Å²) < 4.78 is 5.51. The van der Waals surface area contributed by atoms with Crippen LogP contribution in [0, 0.1) is 0 Å². The number of carbonyl (C=O) groups is 1. The largest absolute Gasteiger partial charge is 0.375 e. The maximum atomic E-state index is 12.4. The van der Waals surface area contributed by atoms with Gasteiger partial charge in [-0.3, -0.25) is 14.8 Å². The van der Waals surface area contributed by atoms with Crippen LogP contribution in [0.3, 0.4) is 0 Å². The number of aromatic nitrogens is 2. The van der Waals surface area contributed by atoms with Gasteiger partial charge in [0, 0.05) is 56.9 Å². The molecule has 1 saturated carbocycles. The highest BCUT2D eigenvalue weighted by Gasteiger charge is 2.28. The van der Waals surface area contributed by atoms with Crippen LogP contribution in [0.2, 0.25) is 0 Å². The predicted molar refractivity (Wildman–Crippen MR) is 91.2 cm³/mol. The van der Waals surface area contributed by atoms with Crippen molar-refractivity contribution in [2.24, 2.45) is 0 Å². The summed E-state index contributed by atoms with van der Waals surface area (Å²) in [5, 5.41) is 7.64. The third-order valence-corrected chi connectivity index (χ3v) is 5.25. The number of ether oxygens (including phenoxy) is 1. The Morgan fingerprint density at radius 3 is 2.79 bits per heavy atom. The van der Waals surface area contributed by atoms with E-state index in [0.717, 1.165) is 45.1 Å². The van der Waals surface area contributed by atoms with Crippen LogP contribution in [0.4, 0.5) is 5.82 Å². The molecule has 0 bridgehead atoms. The molecule has 0 aromatic carbocycles. The number of piperazine rings is 1. The van der Waals surface area contributed by atoms with Gasteiger partial charge in [0.2, 0.25) is 5.91 Å². The number of hydrogen-bond donors (Lipinski definition) is 1. The summed E-state index contributed by atoms with van der Waals surface area (Å²) in [7, 11) is 0. The van der Waals surface area contributed by atoms with Crippen LogP contribution in [0.5, 0.6) is 0 Å². The van der Waals surface area contributed by atoms with E-state index in [9.17, 15) is 4.79 Å². The molecule has 2 saturated heterocycles. The van der Waals surface area contributed by atoms with Crippen LogP contribution < -0.4 is 4.90 Å². The molecule has 3 heterocycles. The number of hydrogen-bond acceptors (Lipinski definition) is 5. The average Bonchev–Trinajstić information content (AvgIpc) is 3.33. The molecule has 1 aromatic rings. The van der Waals surface area contributed by atoms with Gasteiger partial charge < -0.3 is 14.5 Å². The van der Waals surface area contributed by atoms with Crippen LogP contribution >= 0.6 is 0 Å². The van der Waals surface area contributed by atoms with Gasteiger partial charge in [-0.05, 0) is 19.8 Å². The first kappa shape index (κ1) is 15.9. The number of rotatable bonds is 4. The Labute approximate surface area is 142 Å². The fourth-order valence-electron chi connectivity index (χ4n) is 3.56. The average molecular weight is 333 g/mol. The zero-order chi connectivity index (χ0) is 16.5. The molecule has 1 atom stereocenters. The van der Waals surface area contributed by atoms with Gasteiger partial charge in [0.05, 0.1) is 19.3 Å². The molecule has 132 valence electrons.